The number of unbranched alkanes of at least 4 members (excludes halogenated alkanes) is 1. The summed E-state index contributed by atoms with van der Waals surface area (Å²) < 4.78 is 0. The Morgan fingerprint density at radius 2 is 1.31 bits per heavy atom. The van der Waals surface area contributed by atoms with Crippen LogP contribution < -0.4 is 0 Å². The molecule has 1 aliphatic heterocycles. The summed E-state index contributed by atoms with van der Waals surface area (Å²) in [6.07, 6.45) is 5.25. The predicted molar refractivity (Wildman–Crippen MR) is 140 cm³/mol. The van der Waals surface area contributed by atoms with Gasteiger partial charge in [-0.2, -0.15) is 0 Å². The van der Waals surface area contributed by atoms with Crippen LogP contribution in [0, 0.1) is 0 Å². The lowest BCUT2D eigenvalue weighted by Crippen LogP contribution is -2.30. The lowest BCUT2D eigenvalue weighted by molar-refractivity contribution is 0.0652. The number of nitrogens with zero attached hydrogens (tertiary/aromatic N) is 1. The van der Waals surface area contributed by atoms with Gasteiger partial charge >= 0.3 is 0 Å². The highest BCUT2D eigenvalue weighted by molar-refractivity contribution is 6.21. The Morgan fingerprint density at radius 3 is 1.78 bits per heavy atom. The van der Waals surface area contributed by atoms with Crippen molar-refractivity contribution in [2.24, 2.45) is 0 Å². The van der Waals surface area contributed by atoms with Crippen LogP contribution >= 0.6 is 0 Å². The zero-order chi connectivity index (χ0) is 25.2. The second-order valence-electron chi connectivity index (χ2n) is 9.21. The van der Waals surface area contributed by atoms with Crippen molar-refractivity contribution < 1.29 is 19.8 Å². The third kappa shape index (κ3) is 4.73. The first kappa shape index (κ1) is 23.4. The molecule has 2 amide bonds. The van der Waals surface area contributed by atoms with Crippen molar-refractivity contribution in [3.05, 3.63) is 124 Å². The van der Waals surface area contributed by atoms with E-state index in [-0.39, 0.29) is 23.3 Å². The molecule has 0 atom stereocenters. The molecular formula is C31H27NO4. The van der Waals surface area contributed by atoms with Crippen LogP contribution in [0.15, 0.2) is 102 Å². The summed E-state index contributed by atoms with van der Waals surface area (Å²) in [5.41, 5.74) is 7.32. The summed E-state index contributed by atoms with van der Waals surface area (Å²) >= 11 is 0. The third-order valence-electron chi connectivity index (χ3n) is 6.67. The van der Waals surface area contributed by atoms with Crippen molar-refractivity contribution in [3.8, 4) is 11.5 Å². The van der Waals surface area contributed by atoms with Crippen LogP contribution in [0.3, 0.4) is 0 Å². The molecule has 5 nitrogen and oxygen atoms in total. The molecule has 2 N–H and O–H groups in total. The number of carbonyl (C=O) groups excluding carboxylic acids is 2. The number of aromatic hydroxyl groups is 2. The van der Waals surface area contributed by atoms with Gasteiger partial charge in [0.25, 0.3) is 11.8 Å². The van der Waals surface area contributed by atoms with Gasteiger partial charge in [0.2, 0.25) is 0 Å². The molecule has 0 radical (unpaired) electrons. The average Bonchev–Trinajstić information content (AvgIpc) is 3.53. The summed E-state index contributed by atoms with van der Waals surface area (Å²) in [4.78, 5) is 26.7. The molecule has 5 rings (SSSR count). The van der Waals surface area contributed by atoms with Gasteiger partial charge < -0.3 is 10.2 Å². The van der Waals surface area contributed by atoms with Crippen LogP contribution in [0.25, 0.3) is 5.57 Å². The number of allylic oxidation sites excluding steroid dienone is 4. The van der Waals surface area contributed by atoms with Crippen molar-refractivity contribution in [2.75, 3.05) is 6.54 Å². The van der Waals surface area contributed by atoms with Crippen molar-refractivity contribution in [3.63, 3.8) is 0 Å². The lowest BCUT2D eigenvalue weighted by Gasteiger charge is -2.16. The summed E-state index contributed by atoms with van der Waals surface area (Å²) in [6, 6.07) is 21.2. The molecule has 1 heterocycles. The highest BCUT2D eigenvalue weighted by atomic mass is 16.3. The molecule has 3 aromatic rings. The number of imide groups is 1. The predicted octanol–water partition coefficient (Wildman–Crippen LogP) is 6.25. The minimum absolute atomic E-state index is 0.195. The topological polar surface area (TPSA) is 77.8 Å². The van der Waals surface area contributed by atoms with E-state index in [1.54, 1.807) is 48.5 Å². The number of hydrogen-bond acceptors (Lipinski definition) is 4. The van der Waals surface area contributed by atoms with Crippen LogP contribution in [0.4, 0.5) is 0 Å². The minimum Gasteiger partial charge on any atom is -0.508 e. The van der Waals surface area contributed by atoms with Gasteiger partial charge in [0.15, 0.2) is 0 Å². The second kappa shape index (κ2) is 9.70. The van der Waals surface area contributed by atoms with E-state index in [0.717, 1.165) is 47.1 Å². The molecule has 1 saturated carbocycles. The van der Waals surface area contributed by atoms with Gasteiger partial charge in [0, 0.05) is 6.54 Å². The quantitative estimate of drug-likeness (QED) is 0.297. The molecule has 2 aliphatic rings. The number of rotatable bonds is 8. The monoisotopic (exact) mass is 477 g/mol. The van der Waals surface area contributed by atoms with Crippen LogP contribution in [-0.2, 0) is 0 Å². The zero-order valence-corrected chi connectivity index (χ0v) is 19.9. The smallest absolute Gasteiger partial charge is 0.261 e. The molecular weight excluding hydrogens is 450 g/mol. The molecule has 0 bridgehead atoms. The van der Waals surface area contributed by atoms with Crippen LogP contribution in [0.1, 0.15) is 57.5 Å². The molecule has 3 aromatic carbocycles. The second-order valence-corrected chi connectivity index (χ2v) is 9.21. The van der Waals surface area contributed by atoms with E-state index >= 15 is 0 Å². The van der Waals surface area contributed by atoms with Gasteiger partial charge in [0.1, 0.15) is 11.5 Å². The molecule has 1 fully saturated rings. The average molecular weight is 478 g/mol. The van der Waals surface area contributed by atoms with E-state index in [2.05, 4.69) is 12.7 Å². The summed E-state index contributed by atoms with van der Waals surface area (Å²) in [5.74, 6) is -0.0614. The first-order valence-corrected chi connectivity index (χ1v) is 12.1. The number of amides is 2. The van der Waals surface area contributed by atoms with E-state index < -0.39 is 0 Å². The SMILES string of the molecule is C=C1C/C1=C/C(CCCCN1C(=O)c2ccccc2C1=O)=C(c1ccc(O)cc1)c1ccc(O)cc1. The molecule has 180 valence electrons. The lowest BCUT2D eigenvalue weighted by atomic mass is 9.90. The maximum atomic E-state index is 12.7. The maximum absolute atomic E-state index is 12.7. The van der Waals surface area contributed by atoms with Gasteiger partial charge in [-0.1, -0.05) is 49.1 Å². The van der Waals surface area contributed by atoms with Gasteiger partial charge in [-0.25, -0.2) is 0 Å². The first-order chi connectivity index (χ1) is 17.4. The number of phenolic OH excluding ortho intramolecular Hbond substituents is 2. The van der Waals surface area contributed by atoms with E-state index in [1.807, 2.05) is 24.3 Å². The molecule has 0 spiro atoms. The van der Waals surface area contributed by atoms with E-state index in [0.29, 0.717) is 24.1 Å². The van der Waals surface area contributed by atoms with Crippen LogP contribution in [0.5, 0.6) is 11.5 Å². The fourth-order valence-electron chi connectivity index (χ4n) is 4.64. The summed E-state index contributed by atoms with van der Waals surface area (Å²) in [5, 5.41) is 19.7. The molecule has 5 heteroatoms. The fraction of sp³-hybridized carbons (Fsp3) is 0.161. The Kier molecular flexibility index (Phi) is 6.30. The maximum Gasteiger partial charge on any atom is 0.261 e. The van der Waals surface area contributed by atoms with Crippen molar-refractivity contribution in [2.45, 2.75) is 25.7 Å². The normalized spacial score (nSPS) is 15.4. The largest absolute Gasteiger partial charge is 0.508 e. The van der Waals surface area contributed by atoms with Gasteiger partial charge in [0.05, 0.1) is 11.1 Å². The third-order valence-corrected chi connectivity index (χ3v) is 6.67. The first-order valence-electron chi connectivity index (χ1n) is 12.1. The summed E-state index contributed by atoms with van der Waals surface area (Å²) in [7, 11) is 0. The standard InChI is InChI=1S/C31H27NO4/c1-20-18-24(20)19-23(6-4-5-17-32-30(35)27-7-2-3-8-28(27)31(32)36)29(21-9-13-25(33)14-10-21)22-11-15-26(34)16-12-22/h2-3,7-16,19,33-34H,1,4-6,17-18H2/b24-19-. The molecule has 0 unspecified atom stereocenters. The van der Waals surface area contributed by atoms with Crippen molar-refractivity contribution >= 4 is 17.4 Å². The van der Waals surface area contributed by atoms with Crippen LogP contribution in [-0.4, -0.2) is 33.5 Å². The number of fused-ring (bicyclic) bond motifs is 1. The minimum atomic E-state index is -0.225. The number of carbonyl (C=O) groups is 2. The molecule has 0 saturated heterocycles. The molecule has 1 aliphatic carbocycles. The van der Waals surface area contributed by atoms with Gasteiger partial charge in [-0.3, -0.25) is 14.5 Å². The van der Waals surface area contributed by atoms with E-state index in [1.165, 1.54) is 10.5 Å². The Labute approximate surface area is 210 Å². The Hall–Kier alpha value is -4.38. The van der Waals surface area contributed by atoms with Crippen molar-refractivity contribution in [1.29, 1.82) is 0 Å². The van der Waals surface area contributed by atoms with Crippen LogP contribution in [0.2, 0.25) is 0 Å². The number of phenols is 2. The molecule has 0 aromatic heterocycles. The fourth-order valence-corrected chi connectivity index (χ4v) is 4.64. The Bertz CT molecular complexity index is 1330. The zero-order valence-electron chi connectivity index (χ0n) is 19.9. The highest BCUT2D eigenvalue weighted by Crippen LogP contribution is 2.39. The Balaban J connectivity index is 1.40. The van der Waals surface area contributed by atoms with Crippen molar-refractivity contribution in [1.82, 2.24) is 4.90 Å². The van der Waals surface area contributed by atoms with E-state index in [4.69, 9.17) is 0 Å². The molecule has 36 heavy (non-hydrogen) atoms. The van der Waals surface area contributed by atoms with Gasteiger partial charge in [-0.05, 0) is 95.5 Å². The number of hydrogen-bond donors (Lipinski definition) is 2. The summed E-state index contributed by atoms with van der Waals surface area (Å²) in [6.45, 7) is 4.45. The van der Waals surface area contributed by atoms with Gasteiger partial charge in [-0.15, -0.1) is 0 Å². The Morgan fingerprint density at radius 1 is 0.806 bits per heavy atom. The number of benzene rings is 3. The van der Waals surface area contributed by atoms with E-state index in [9.17, 15) is 19.8 Å². The highest BCUT2D eigenvalue weighted by Gasteiger charge is 2.34.